The summed E-state index contributed by atoms with van der Waals surface area (Å²) in [7, 11) is 0. The standard InChI is InChI=1S/C22H37N5O2.HI/c1-4-23-22(24-11-6-13-27-14-9-18(2)10-15-27)25-12-16-29-21-8-5-7-20(17-21)26-19(3)28;/h5,7-8,17-18H,4,6,9-16H2,1-3H3,(H,26,28)(H2,23,24,25);1H. The number of hydrogen-bond acceptors (Lipinski definition) is 4. The monoisotopic (exact) mass is 531 g/mol. The second kappa shape index (κ2) is 15.3. The van der Waals surface area contributed by atoms with Gasteiger partial charge < -0.3 is 25.6 Å². The summed E-state index contributed by atoms with van der Waals surface area (Å²) in [5.41, 5.74) is 0.737. The maximum Gasteiger partial charge on any atom is 0.221 e. The molecule has 1 aliphatic heterocycles. The Hall–Kier alpha value is -1.55. The lowest BCUT2D eigenvalue weighted by atomic mass is 9.99. The number of likely N-dealkylation sites (tertiary alicyclic amines) is 1. The van der Waals surface area contributed by atoms with Gasteiger partial charge in [-0.3, -0.25) is 9.79 Å². The molecule has 1 amide bonds. The Morgan fingerprint density at radius 2 is 2.03 bits per heavy atom. The molecule has 0 atom stereocenters. The van der Waals surface area contributed by atoms with E-state index in [-0.39, 0.29) is 29.9 Å². The fourth-order valence-electron chi connectivity index (χ4n) is 3.32. The van der Waals surface area contributed by atoms with Gasteiger partial charge in [0, 0.05) is 31.8 Å². The zero-order valence-corrected chi connectivity index (χ0v) is 20.9. The summed E-state index contributed by atoms with van der Waals surface area (Å²) in [5.74, 6) is 2.35. The molecule has 0 spiro atoms. The minimum Gasteiger partial charge on any atom is -0.492 e. The number of aliphatic imine (C=N–C) groups is 1. The zero-order valence-electron chi connectivity index (χ0n) is 18.6. The fourth-order valence-corrected chi connectivity index (χ4v) is 3.32. The van der Waals surface area contributed by atoms with Crippen LogP contribution in [0.25, 0.3) is 0 Å². The summed E-state index contributed by atoms with van der Waals surface area (Å²) < 4.78 is 5.77. The average molecular weight is 531 g/mol. The summed E-state index contributed by atoms with van der Waals surface area (Å²) in [6.45, 7) is 12.3. The van der Waals surface area contributed by atoms with Crippen LogP contribution in [0.2, 0.25) is 0 Å². The SMILES string of the molecule is CCNC(=NCCCN1CCC(C)CC1)NCCOc1cccc(NC(C)=O)c1.I. The summed E-state index contributed by atoms with van der Waals surface area (Å²) in [4.78, 5) is 18.4. The highest BCUT2D eigenvalue weighted by molar-refractivity contribution is 14.0. The summed E-state index contributed by atoms with van der Waals surface area (Å²) in [6, 6.07) is 7.41. The number of piperidine rings is 1. The highest BCUT2D eigenvalue weighted by Gasteiger charge is 2.14. The molecular formula is C22H38IN5O2. The minimum atomic E-state index is -0.0924. The van der Waals surface area contributed by atoms with Gasteiger partial charge in [-0.2, -0.15) is 0 Å². The lowest BCUT2D eigenvalue weighted by Gasteiger charge is -2.29. The number of ether oxygens (including phenoxy) is 1. The molecule has 2 rings (SSSR count). The Labute approximate surface area is 198 Å². The Morgan fingerprint density at radius 3 is 2.73 bits per heavy atom. The van der Waals surface area contributed by atoms with E-state index in [1.165, 1.54) is 32.9 Å². The van der Waals surface area contributed by atoms with Crippen molar-refractivity contribution in [2.75, 3.05) is 51.2 Å². The molecule has 0 unspecified atom stereocenters. The van der Waals surface area contributed by atoms with Gasteiger partial charge in [-0.25, -0.2) is 0 Å². The second-order valence-electron chi connectivity index (χ2n) is 7.62. The van der Waals surface area contributed by atoms with Crippen molar-refractivity contribution in [1.29, 1.82) is 0 Å². The number of nitrogens with one attached hydrogen (secondary N) is 3. The van der Waals surface area contributed by atoms with Crippen molar-refractivity contribution in [3.05, 3.63) is 24.3 Å². The van der Waals surface area contributed by atoms with Crippen molar-refractivity contribution >= 4 is 41.5 Å². The number of nitrogens with zero attached hydrogens (tertiary/aromatic N) is 2. The van der Waals surface area contributed by atoms with E-state index in [0.717, 1.165) is 49.4 Å². The van der Waals surface area contributed by atoms with Crippen molar-refractivity contribution in [1.82, 2.24) is 15.5 Å². The van der Waals surface area contributed by atoms with Crippen LogP contribution < -0.4 is 20.7 Å². The van der Waals surface area contributed by atoms with Crippen molar-refractivity contribution < 1.29 is 9.53 Å². The number of benzene rings is 1. The van der Waals surface area contributed by atoms with Gasteiger partial charge in [-0.15, -0.1) is 24.0 Å². The van der Waals surface area contributed by atoms with Gasteiger partial charge in [0.1, 0.15) is 12.4 Å². The second-order valence-corrected chi connectivity index (χ2v) is 7.62. The third kappa shape index (κ3) is 11.0. The molecule has 3 N–H and O–H groups in total. The summed E-state index contributed by atoms with van der Waals surface area (Å²) in [6.07, 6.45) is 3.72. The molecule has 1 heterocycles. The van der Waals surface area contributed by atoms with E-state index in [1.54, 1.807) is 0 Å². The van der Waals surface area contributed by atoms with Crippen LogP contribution in [0.3, 0.4) is 0 Å². The third-order valence-corrected chi connectivity index (χ3v) is 4.94. The molecule has 1 saturated heterocycles. The quantitative estimate of drug-likeness (QED) is 0.187. The van der Waals surface area contributed by atoms with Crippen LogP contribution in [0, 0.1) is 5.92 Å². The molecular weight excluding hydrogens is 493 g/mol. The minimum absolute atomic E-state index is 0. The van der Waals surface area contributed by atoms with Crippen molar-refractivity contribution in [2.45, 2.75) is 40.0 Å². The number of rotatable bonds is 10. The molecule has 170 valence electrons. The summed E-state index contributed by atoms with van der Waals surface area (Å²) in [5, 5.41) is 9.35. The molecule has 1 fully saturated rings. The van der Waals surface area contributed by atoms with Crippen molar-refractivity contribution in [3.8, 4) is 5.75 Å². The molecule has 0 aliphatic carbocycles. The van der Waals surface area contributed by atoms with Crippen LogP contribution in [0.4, 0.5) is 5.69 Å². The molecule has 8 heteroatoms. The number of anilines is 1. The third-order valence-electron chi connectivity index (χ3n) is 4.94. The molecule has 1 aromatic carbocycles. The van der Waals surface area contributed by atoms with Gasteiger partial charge >= 0.3 is 0 Å². The Balaban J connectivity index is 0.00000450. The predicted molar refractivity (Wildman–Crippen MR) is 135 cm³/mol. The lowest BCUT2D eigenvalue weighted by molar-refractivity contribution is -0.114. The first-order chi connectivity index (χ1) is 14.1. The Bertz CT molecular complexity index is 648. The van der Waals surface area contributed by atoms with Crippen molar-refractivity contribution in [2.24, 2.45) is 10.9 Å². The van der Waals surface area contributed by atoms with Crippen LogP contribution in [0.1, 0.15) is 40.0 Å². The molecule has 7 nitrogen and oxygen atoms in total. The van der Waals surface area contributed by atoms with Gasteiger partial charge in [-0.1, -0.05) is 13.0 Å². The molecule has 30 heavy (non-hydrogen) atoms. The normalized spacial score (nSPS) is 15.2. The van der Waals surface area contributed by atoms with Crippen LogP contribution >= 0.6 is 24.0 Å². The summed E-state index contributed by atoms with van der Waals surface area (Å²) >= 11 is 0. The Kier molecular flexibility index (Phi) is 13.5. The highest BCUT2D eigenvalue weighted by Crippen LogP contribution is 2.17. The largest absolute Gasteiger partial charge is 0.492 e. The lowest BCUT2D eigenvalue weighted by Crippen LogP contribution is -2.39. The predicted octanol–water partition coefficient (Wildman–Crippen LogP) is 3.32. The smallest absolute Gasteiger partial charge is 0.221 e. The topological polar surface area (TPSA) is 78.0 Å². The molecule has 1 aromatic rings. The number of halogens is 1. The molecule has 0 radical (unpaired) electrons. The van der Waals surface area contributed by atoms with Crippen LogP contribution in [-0.4, -0.2) is 62.6 Å². The van der Waals surface area contributed by atoms with Gasteiger partial charge in [-0.05, 0) is 63.9 Å². The maximum absolute atomic E-state index is 11.1. The van der Waals surface area contributed by atoms with Crippen LogP contribution in [0.15, 0.2) is 29.3 Å². The highest BCUT2D eigenvalue weighted by atomic mass is 127. The maximum atomic E-state index is 11.1. The van der Waals surface area contributed by atoms with E-state index >= 15 is 0 Å². The van der Waals surface area contributed by atoms with E-state index < -0.39 is 0 Å². The molecule has 0 saturated carbocycles. The van der Waals surface area contributed by atoms with E-state index in [4.69, 9.17) is 4.74 Å². The zero-order chi connectivity index (χ0) is 20.9. The molecule has 0 bridgehead atoms. The average Bonchev–Trinajstić information content (AvgIpc) is 2.69. The number of carbonyl (C=O) groups is 1. The van der Waals surface area contributed by atoms with Gasteiger partial charge in [0.15, 0.2) is 5.96 Å². The van der Waals surface area contributed by atoms with Crippen LogP contribution in [0.5, 0.6) is 5.75 Å². The Morgan fingerprint density at radius 1 is 1.27 bits per heavy atom. The van der Waals surface area contributed by atoms with E-state index in [9.17, 15) is 4.79 Å². The first-order valence-corrected chi connectivity index (χ1v) is 10.8. The molecule has 0 aromatic heterocycles. The van der Waals surface area contributed by atoms with Gasteiger partial charge in [0.2, 0.25) is 5.91 Å². The number of guanidine groups is 1. The number of carbonyl (C=O) groups excluding carboxylic acids is 1. The van der Waals surface area contributed by atoms with Crippen LogP contribution in [-0.2, 0) is 4.79 Å². The molecule has 1 aliphatic rings. The van der Waals surface area contributed by atoms with Gasteiger partial charge in [0.25, 0.3) is 0 Å². The van der Waals surface area contributed by atoms with E-state index in [2.05, 4.69) is 39.7 Å². The number of amides is 1. The van der Waals surface area contributed by atoms with Crippen molar-refractivity contribution in [3.63, 3.8) is 0 Å². The fraction of sp³-hybridized carbons (Fsp3) is 0.636. The number of hydrogen-bond donors (Lipinski definition) is 3. The van der Waals surface area contributed by atoms with E-state index in [1.807, 2.05) is 24.3 Å². The van der Waals surface area contributed by atoms with E-state index in [0.29, 0.717) is 13.2 Å². The first kappa shape index (κ1) is 26.5. The first-order valence-electron chi connectivity index (χ1n) is 10.8. The van der Waals surface area contributed by atoms with Gasteiger partial charge in [0.05, 0.1) is 6.54 Å².